The number of carbonyl (C=O) groups excluding carboxylic acids is 2. The molecule has 6 nitrogen and oxygen atoms in total. The van der Waals surface area contributed by atoms with Crippen LogP contribution in [0, 0.1) is 5.92 Å². The molecular weight excluding hydrogens is 282 g/mol. The zero-order chi connectivity index (χ0) is 15.8. The summed E-state index contributed by atoms with van der Waals surface area (Å²) in [4.78, 5) is 23.0. The number of likely N-dealkylation sites (N-methyl/N-ethyl adjacent to an activating group) is 1. The van der Waals surface area contributed by atoms with Crippen molar-refractivity contribution in [1.82, 2.24) is 10.6 Å². The van der Waals surface area contributed by atoms with Gasteiger partial charge in [0, 0.05) is 19.2 Å². The molecule has 1 aromatic carbocycles. The molecule has 0 spiro atoms. The zero-order valence-electron chi connectivity index (χ0n) is 12.9. The minimum atomic E-state index is -0.182. The Morgan fingerprint density at radius 2 is 2.05 bits per heavy atom. The standard InChI is InChI=1S/C16H23N3O3/c1-17-16(21)11-22-14-5-3-13(4-6-14)19-15(20)7-2-12-8-9-18-10-12/h3-6,12,18H,2,7-11H2,1H3,(H,17,21)(H,19,20). The van der Waals surface area contributed by atoms with Crippen molar-refractivity contribution in [3.8, 4) is 5.75 Å². The number of carbonyl (C=O) groups is 2. The van der Waals surface area contributed by atoms with Crippen LogP contribution in [0.4, 0.5) is 5.69 Å². The van der Waals surface area contributed by atoms with Crippen LogP contribution in [-0.2, 0) is 9.59 Å². The van der Waals surface area contributed by atoms with E-state index in [1.807, 2.05) is 0 Å². The smallest absolute Gasteiger partial charge is 0.257 e. The number of anilines is 1. The van der Waals surface area contributed by atoms with Crippen LogP contribution in [0.1, 0.15) is 19.3 Å². The van der Waals surface area contributed by atoms with Crippen LogP contribution in [-0.4, -0.2) is 38.6 Å². The van der Waals surface area contributed by atoms with Gasteiger partial charge in [0.05, 0.1) is 0 Å². The second kappa shape index (κ2) is 8.38. The molecule has 2 amide bonds. The number of rotatable bonds is 7. The van der Waals surface area contributed by atoms with Crippen LogP contribution < -0.4 is 20.7 Å². The van der Waals surface area contributed by atoms with Crippen molar-refractivity contribution in [1.29, 1.82) is 0 Å². The summed E-state index contributed by atoms with van der Waals surface area (Å²) in [5.41, 5.74) is 0.738. The van der Waals surface area contributed by atoms with E-state index < -0.39 is 0 Å². The van der Waals surface area contributed by atoms with Gasteiger partial charge in [0.25, 0.3) is 5.91 Å². The summed E-state index contributed by atoms with van der Waals surface area (Å²) in [5, 5.41) is 8.66. The van der Waals surface area contributed by atoms with Crippen LogP contribution in [0.15, 0.2) is 24.3 Å². The molecule has 1 aromatic rings. The lowest BCUT2D eigenvalue weighted by atomic mass is 10.0. The topological polar surface area (TPSA) is 79.5 Å². The highest BCUT2D eigenvalue weighted by Crippen LogP contribution is 2.17. The summed E-state index contributed by atoms with van der Waals surface area (Å²) in [5.74, 6) is 1.06. The molecule has 1 heterocycles. The first-order chi connectivity index (χ1) is 10.7. The molecule has 1 unspecified atom stereocenters. The number of hydrogen-bond donors (Lipinski definition) is 3. The number of ether oxygens (including phenoxy) is 1. The van der Waals surface area contributed by atoms with Crippen molar-refractivity contribution in [2.24, 2.45) is 5.92 Å². The maximum absolute atomic E-state index is 11.9. The molecule has 2 rings (SSSR count). The van der Waals surface area contributed by atoms with Gasteiger partial charge in [-0.2, -0.15) is 0 Å². The molecule has 1 atom stereocenters. The maximum atomic E-state index is 11.9. The fourth-order valence-corrected chi connectivity index (χ4v) is 2.38. The molecular formula is C16H23N3O3. The molecule has 6 heteroatoms. The Kier molecular flexibility index (Phi) is 6.21. The van der Waals surface area contributed by atoms with Crippen molar-refractivity contribution in [2.45, 2.75) is 19.3 Å². The molecule has 1 fully saturated rings. The quantitative estimate of drug-likeness (QED) is 0.706. The molecule has 0 radical (unpaired) electrons. The zero-order valence-corrected chi connectivity index (χ0v) is 12.9. The Labute approximate surface area is 130 Å². The third-order valence-electron chi connectivity index (χ3n) is 3.73. The van der Waals surface area contributed by atoms with E-state index in [0.29, 0.717) is 18.1 Å². The van der Waals surface area contributed by atoms with Gasteiger partial charge in [-0.25, -0.2) is 0 Å². The molecule has 22 heavy (non-hydrogen) atoms. The Morgan fingerprint density at radius 1 is 1.27 bits per heavy atom. The fourth-order valence-electron chi connectivity index (χ4n) is 2.38. The van der Waals surface area contributed by atoms with E-state index in [0.717, 1.165) is 31.6 Å². The van der Waals surface area contributed by atoms with E-state index in [4.69, 9.17) is 4.74 Å². The maximum Gasteiger partial charge on any atom is 0.257 e. The normalized spacial score (nSPS) is 17.0. The van der Waals surface area contributed by atoms with Gasteiger partial charge < -0.3 is 20.7 Å². The molecule has 120 valence electrons. The van der Waals surface area contributed by atoms with Gasteiger partial charge in [0.2, 0.25) is 5.91 Å². The van der Waals surface area contributed by atoms with Gasteiger partial charge in [0.15, 0.2) is 6.61 Å². The minimum absolute atomic E-state index is 0.0162. The van der Waals surface area contributed by atoms with E-state index in [2.05, 4.69) is 16.0 Å². The monoisotopic (exact) mass is 305 g/mol. The molecule has 0 aromatic heterocycles. The van der Waals surface area contributed by atoms with Gasteiger partial charge in [0.1, 0.15) is 5.75 Å². The summed E-state index contributed by atoms with van der Waals surface area (Å²) in [6.45, 7) is 2.06. The number of benzene rings is 1. The highest BCUT2D eigenvalue weighted by Gasteiger charge is 2.15. The Bertz CT molecular complexity index is 496. The van der Waals surface area contributed by atoms with Crippen LogP contribution in [0.5, 0.6) is 5.75 Å². The fraction of sp³-hybridized carbons (Fsp3) is 0.500. The second-order valence-electron chi connectivity index (χ2n) is 5.43. The van der Waals surface area contributed by atoms with Gasteiger partial charge in [-0.15, -0.1) is 0 Å². The summed E-state index contributed by atoms with van der Waals surface area (Å²) < 4.78 is 5.30. The molecule has 1 aliphatic heterocycles. The molecule has 1 aliphatic rings. The summed E-state index contributed by atoms with van der Waals surface area (Å²) in [7, 11) is 1.56. The number of hydrogen-bond acceptors (Lipinski definition) is 4. The van der Waals surface area contributed by atoms with E-state index in [1.165, 1.54) is 0 Å². The van der Waals surface area contributed by atoms with Crippen LogP contribution >= 0.6 is 0 Å². The van der Waals surface area contributed by atoms with E-state index in [9.17, 15) is 9.59 Å². The van der Waals surface area contributed by atoms with Crippen molar-refractivity contribution >= 4 is 17.5 Å². The van der Waals surface area contributed by atoms with Crippen molar-refractivity contribution in [3.05, 3.63) is 24.3 Å². The molecule has 0 aliphatic carbocycles. The second-order valence-corrected chi connectivity index (χ2v) is 5.43. The number of nitrogens with one attached hydrogen (secondary N) is 3. The van der Waals surface area contributed by atoms with Crippen LogP contribution in [0.2, 0.25) is 0 Å². The van der Waals surface area contributed by atoms with Gasteiger partial charge in [-0.05, 0) is 56.1 Å². The van der Waals surface area contributed by atoms with Crippen molar-refractivity contribution in [3.63, 3.8) is 0 Å². The SMILES string of the molecule is CNC(=O)COc1ccc(NC(=O)CCC2CCNC2)cc1. The van der Waals surface area contributed by atoms with Gasteiger partial charge >= 0.3 is 0 Å². The van der Waals surface area contributed by atoms with E-state index in [-0.39, 0.29) is 18.4 Å². The Hall–Kier alpha value is -2.08. The first kappa shape index (κ1) is 16.3. The molecule has 0 bridgehead atoms. The summed E-state index contributed by atoms with van der Waals surface area (Å²) in [6.07, 6.45) is 2.62. The number of amides is 2. The molecule has 0 saturated carbocycles. The minimum Gasteiger partial charge on any atom is -0.484 e. The highest BCUT2D eigenvalue weighted by molar-refractivity contribution is 5.90. The first-order valence-electron chi connectivity index (χ1n) is 7.61. The lowest BCUT2D eigenvalue weighted by molar-refractivity contribution is -0.122. The lowest BCUT2D eigenvalue weighted by Gasteiger charge is -2.09. The lowest BCUT2D eigenvalue weighted by Crippen LogP contribution is -2.24. The third-order valence-corrected chi connectivity index (χ3v) is 3.73. The van der Waals surface area contributed by atoms with Gasteiger partial charge in [-0.3, -0.25) is 9.59 Å². The predicted molar refractivity (Wildman–Crippen MR) is 84.8 cm³/mol. The highest BCUT2D eigenvalue weighted by atomic mass is 16.5. The first-order valence-corrected chi connectivity index (χ1v) is 7.61. The summed E-state index contributed by atoms with van der Waals surface area (Å²) in [6, 6.07) is 7.02. The predicted octanol–water partition coefficient (Wildman–Crippen LogP) is 1.14. The van der Waals surface area contributed by atoms with Crippen molar-refractivity contribution < 1.29 is 14.3 Å². The van der Waals surface area contributed by atoms with E-state index >= 15 is 0 Å². The third kappa shape index (κ3) is 5.37. The Morgan fingerprint density at radius 3 is 2.68 bits per heavy atom. The van der Waals surface area contributed by atoms with Gasteiger partial charge in [-0.1, -0.05) is 0 Å². The average Bonchev–Trinajstić information content (AvgIpc) is 3.05. The molecule has 1 saturated heterocycles. The Balaban J connectivity index is 1.72. The largest absolute Gasteiger partial charge is 0.484 e. The van der Waals surface area contributed by atoms with E-state index in [1.54, 1.807) is 31.3 Å². The summed E-state index contributed by atoms with van der Waals surface area (Å²) >= 11 is 0. The van der Waals surface area contributed by atoms with Crippen LogP contribution in [0.25, 0.3) is 0 Å². The van der Waals surface area contributed by atoms with Crippen LogP contribution in [0.3, 0.4) is 0 Å². The van der Waals surface area contributed by atoms with Crippen molar-refractivity contribution in [2.75, 3.05) is 32.1 Å². The average molecular weight is 305 g/mol. The molecule has 3 N–H and O–H groups in total.